The van der Waals surface area contributed by atoms with Gasteiger partial charge in [-0.25, -0.2) is 8.42 Å². The number of unbranched alkanes of at least 4 members (excludes halogenated alkanes) is 1. The zero-order chi connectivity index (χ0) is 11.3. The third-order valence-electron chi connectivity index (χ3n) is 3.25. The Bertz CT molecular complexity index is 274. The van der Waals surface area contributed by atoms with Gasteiger partial charge in [0.15, 0.2) is 9.84 Å². The Morgan fingerprint density at radius 2 is 1.87 bits per heavy atom. The fourth-order valence-electron chi connectivity index (χ4n) is 2.25. The van der Waals surface area contributed by atoms with E-state index in [1.54, 1.807) is 0 Å². The van der Waals surface area contributed by atoms with Crippen molar-refractivity contribution in [2.75, 3.05) is 5.75 Å². The van der Waals surface area contributed by atoms with E-state index >= 15 is 0 Å². The molecule has 15 heavy (non-hydrogen) atoms. The molecule has 0 aromatic carbocycles. The summed E-state index contributed by atoms with van der Waals surface area (Å²) in [5.74, 6) is 0.321. The van der Waals surface area contributed by atoms with Crippen LogP contribution >= 0.6 is 0 Å². The minimum atomic E-state index is -2.94. The quantitative estimate of drug-likeness (QED) is 0.754. The van der Waals surface area contributed by atoms with Crippen molar-refractivity contribution < 1.29 is 8.42 Å². The van der Waals surface area contributed by atoms with E-state index in [2.05, 4.69) is 0 Å². The van der Waals surface area contributed by atoms with Gasteiger partial charge in [0.05, 0.1) is 11.0 Å². The van der Waals surface area contributed by atoms with Crippen molar-refractivity contribution in [2.45, 2.75) is 63.2 Å². The molecule has 0 aliphatic heterocycles. The van der Waals surface area contributed by atoms with Crippen LogP contribution in [0.15, 0.2) is 0 Å². The molecule has 2 atom stereocenters. The highest BCUT2D eigenvalue weighted by atomic mass is 32.2. The van der Waals surface area contributed by atoms with Crippen molar-refractivity contribution in [3.8, 4) is 0 Å². The molecule has 4 heteroatoms. The first-order valence-electron chi connectivity index (χ1n) is 6.05. The molecule has 1 fully saturated rings. The molecule has 2 unspecified atom stereocenters. The van der Waals surface area contributed by atoms with Gasteiger partial charge in [0.1, 0.15) is 0 Å². The largest absolute Gasteiger partial charge is 0.327 e. The summed E-state index contributed by atoms with van der Waals surface area (Å²) in [7, 11) is -2.94. The predicted octanol–water partition coefficient (Wildman–Crippen LogP) is 1.86. The summed E-state index contributed by atoms with van der Waals surface area (Å²) in [6.07, 6.45) is 6.58. The predicted molar refractivity (Wildman–Crippen MR) is 63.5 cm³/mol. The molecule has 1 saturated carbocycles. The van der Waals surface area contributed by atoms with Gasteiger partial charge in [-0.3, -0.25) is 0 Å². The maximum absolute atomic E-state index is 12.0. The second-order valence-electron chi connectivity index (χ2n) is 4.56. The van der Waals surface area contributed by atoms with E-state index in [1.807, 2.05) is 6.92 Å². The fourth-order valence-corrected chi connectivity index (χ4v) is 4.43. The van der Waals surface area contributed by atoms with Gasteiger partial charge in [-0.1, -0.05) is 32.6 Å². The first-order chi connectivity index (χ1) is 7.08. The van der Waals surface area contributed by atoms with E-state index in [-0.39, 0.29) is 11.3 Å². The summed E-state index contributed by atoms with van der Waals surface area (Å²) in [4.78, 5) is 0. The molecule has 90 valence electrons. The minimum absolute atomic E-state index is 0.130. The Morgan fingerprint density at radius 1 is 1.20 bits per heavy atom. The summed E-state index contributed by atoms with van der Waals surface area (Å²) in [5, 5.41) is -0.272. The lowest BCUT2D eigenvalue weighted by atomic mass is 10.1. The molecule has 3 nitrogen and oxygen atoms in total. The summed E-state index contributed by atoms with van der Waals surface area (Å²) in [6, 6.07) is -0.130. The molecule has 0 aromatic rings. The van der Waals surface area contributed by atoms with Crippen LogP contribution in [-0.2, 0) is 9.84 Å². The molecular weight excluding hydrogens is 210 g/mol. The smallest absolute Gasteiger partial charge is 0.154 e. The highest BCUT2D eigenvalue weighted by molar-refractivity contribution is 7.92. The Morgan fingerprint density at radius 3 is 2.53 bits per heavy atom. The van der Waals surface area contributed by atoms with E-state index in [9.17, 15) is 8.42 Å². The molecule has 1 aliphatic carbocycles. The van der Waals surface area contributed by atoms with Gasteiger partial charge in [-0.2, -0.15) is 0 Å². The average Bonchev–Trinajstić information content (AvgIpc) is 2.40. The number of sulfone groups is 1. The molecule has 0 spiro atoms. The molecule has 0 bridgehead atoms. The van der Waals surface area contributed by atoms with Crippen LogP contribution in [0.1, 0.15) is 51.9 Å². The molecule has 0 aromatic heterocycles. The molecule has 0 amide bonds. The number of nitrogens with two attached hydrogens (primary N) is 1. The van der Waals surface area contributed by atoms with Crippen LogP contribution in [0.5, 0.6) is 0 Å². The van der Waals surface area contributed by atoms with Crippen molar-refractivity contribution in [3.63, 3.8) is 0 Å². The Kier molecular flexibility index (Phi) is 5.06. The van der Waals surface area contributed by atoms with Crippen LogP contribution in [0.3, 0.4) is 0 Å². The normalized spacial score (nSPS) is 28.7. The van der Waals surface area contributed by atoms with Gasteiger partial charge in [0, 0.05) is 6.04 Å². The van der Waals surface area contributed by atoms with Crippen molar-refractivity contribution in [3.05, 3.63) is 0 Å². The van der Waals surface area contributed by atoms with Crippen LogP contribution in [0.4, 0.5) is 0 Å². The van der Waals surface area contributed by atoms with E-state index in [1.165, 1.54) is 0 Å². The first kappa shape index (κ1) is 13.0. The number of hydrogen-bond acceptors (Lipinski definition) is 3. The highest BCUT2D eigenvalue weighted by Gasteiger charge is 2.31. The third-order valence-corrected chi connectivity index (χ3v) is 5.61. The van der Waals surface area contributed by atoms with Crippen LogP contribution in [0.25, 0.3) is 0 Å². The fraction of sp³-hybridized carbons (Fsp3) is 1.00. The maximum Gasteiger partial charge on any atom is 0.154 e. The number of hydrogen-bond donors (Lipinski definition) is 1. The van der Waals surface area contributed by atoms with Crippen molar-refractivity contribution in [2.24, 2.45) is 5.73 Å². The van der Waals surface area contributed by atoms with E-state index in [0.717, 1.165) is 44.9 Å². The molecule has 0 saturated heterocycles. The first-order valence-corrected chi connectivity index (χ1v) is 7.76. The lowest BCUT2D eigenvalue weighted by Gasteiger charge is -2.21. The third kappa shape index (κ3) is 3.76. The van der Waals surface area contributed by atoms with Gasteiger partial charge >= 0.3 is 0 Å². The van der Waals surface area contributed by atoms with Crippen molar-refractivity contribution in [1.82, 2.24) is 0 Å². The van der Waals surface area contributed by atoms with Gasteiger partial charge in [-0.15, -0.1) is 0 Å². The summed E-state index contributed by atoms with van der Waals surface area (Å²) in [6.45, 7) is 2.02. The average molecular weight is 233 g/mol. The summed E-state index contributed by atoms with van der Waals surface area (Å²) >= 11 is 0. The SMILES string of the molecule is CCCCS(=O)(=O)C1CCCCCC1N. The van der Waals surface area contributed by atoms with E-state index in [0.29, 0.717) is 5.75 Å². The molecule has 1 rings (SSSR count). The standard InChI is InChI=1S/C11H23NO2S/c1-2-3-9-15(13,14)11-8-6-4-5-7-10(11)12/h10-11H,2-9,12H2,1H3. The Labute approximate surface area is 93.3 Å². The lowest BCUT2D eigenvalue weighted by molar-refractivity contribution is 0.529. The van der Waals surface area contributed by atoms with Crippen LogP contribution in [0, 0.1) is 0 Å². The van der Waals surface area contributed by atoms with Crippen LogP contribution in [-0.4, -0.2) is 25.5 Å². The summed E-state index contributed by atoms with van der Waals surface area (Å²) < 4.78 is 24.1. The highest BCUT2D eigenvalue weighted by Crippen LogP contribution is 2.23. The monoisotopic (exact) mass is 233 g/mol. The van der Waals surface area contributed by atoms with Gasteiger partial charge < -0.3 is 5.73 Å². The lowest BCUT2D eigenvalue weighted by Crippen LogP contribution is -2.40. The summed E-state index contributed by atoms with van der Waals surface area (Å²) in [5.41, 5.74) is 5.96. The Hall–Kier alpha value is -0.0900. The molecular formula is C11H23NO2S. The van der Waals surface area contributed by atoms with E-state index < -0.39 is 9.84 Å². The number of rotatable bonds is 4. The molecule has 0 heterocycles. The Balaban J connectivity index is 2.65. The van der Waals surface area contributed by atoms with Crippen molar-refractivity contribution >= 4 is 9.84 Å². The van der Waals surface area contributed by atoms with E-state index in [4.69, 9.17) is 5.73 Å². The zero-order valence-electron chi connectivity index (χ0n) is 9.61. The molecule has 0 radical (unpaired) electrons. The van der Waals surface area contributed by atoms with Gasteiger partial charge in [0.25, 0.3) is 0 Å². The zero-order valence-corrected chi connectivity index (χ0v) is 10.4. The molecule has 1 aliphatic rings. The van der Waals surface area contributed by atoms with Gasteiger partial charge in [-0.05, 0) is 19.3 Å². The van der Waals surface area contributed by atoms with Crippen molar-refractivity contribution in [1.29, 1.82) is 0 Å². The molecule has 2 N–H and O–H groups in total. The minimum Gasteiger partial charge on any atom is -0.327 e. The maximum atomic E-state index is 12.0. The second kappa shape index (κ2) is 5.85. The van der Waals surface area contributed by atoms with Gasteiger partial charge in [0.2, 0.25) is 0 Å². The topological polar surface area (TPSA) is 60.2 Å². The van der Waals surface area contributed by atoms with Crippen LogP contribution < -0.4 is 5.73 Å². The van der Waals surface area contributed by atoms with Crippen LogP contribution in [0.2, 0.25) is 0 Å². The second-order valence-corrected chi connectivity index (χ2v) is 6.90.